The number of carbonyl (C=O) groups is 2. The molecule has 2 aromatic rings. The first-order valence-corrected chi connectivity index (χ1v) is 7.49. The number of rotatable bonds is 5. The van der Waals surface area contributed by atoms with Crippen LogP contribution in [-0.2, 0) is 6.42 Å². The van der Waals surface area contributed by atoms with Gasteiger partial charge in [-0.2, -0.15) is 0 Å². The third kappa shape index (κ3) is 3.36. The number of aromatic amines is 1. The van der Waals surface area contributed by atoms with E-state index in [0.29, 0.717) is 35.5 Å². The Hall–Kier alpha value is -2.02. The number of nitrogens with zero attached hydrogens (tertiary/aromatic N) is 2. The molecule has 0 bridgehead atoms. The highest BCUT2D eigenvalue weighted by atomic mass is 32.1. The van der Waals surface area contributed by atoms with Crippen molar-refractivity contribution in [3.8, 4) is 0 Å². The number of hydrogen-bond acceptors (Lipinski definition) is 5. The monoisotopic (exact) mass is 306 g/mol. The molecular weight excluding hydrogens is 288 g/mol. The molecular formula is C14H18N4O2S. The Morgan fingerprint density at radius 1 is 1.24 bits per heavy atom. The van der Waals surface area contributed by atoms with Crippen LogP contribution in [0.1, 0.15) is 49.0 Å². The van der Waals surface area contributed by atoms with Crippen LogP contribution in [0.3, 0.4) is 0 Å². The summed E-state index contributed by atoms with van der Waals surface area (Å²) in [4.78, 5) is 26.7. The van der Waals surface area contributed by atoms with Crippen molar-refractivity contribution in [2.45, 2.75) is 34.1 Å². The Labute approximate surface area is 127 Å². The largest absolute Gasteiger partial charge is 0.355 e. The zero-order valence-electron chi connectivity index (χ0n) is 12.5. The van der Waals surface area contributed by atoms with E-state index in [0.717, 1.165) is 10.0 Å². The summed E-state index contributed by atoms with van der Waals surface area (Å²) in [7, 11) is 0. The molecule has 2 aromatic heterocycles. The normalized spacial score (nSPS) is 10.7. The highest BCUT2D eigenvalue weighted by molar-refractivity contribution is 7.11. The van der Waals surface area contributed by atoms with Crippen molar-refractivity contribution >= 4 is 23.0 Å². The highest BCUT2D eigenvalue weighted by Gasteiger charge is 2.19. The van der Waals surface area contributed by atoms with Gasteiger partial charge >= 0.3 is 0 Å². The van der Waals surface area contributed by atoms with E-state index in [1.807, 2.05) is 6.92 Å². The molecule has 0 aliphatic rings. The first kappa shape index (κ1) is 15.4. The molecule has 7 heteroatoms. The maximum Gasteiger partial charge on any atom is 0.253 e. The third-order valence-electron chi connectivity index (χ3n) is 3.21. The molecule has 0 saturated carbocycles. The van der Waals surface area contributed by atoms with Gasteiger partial charge in [0.25, 0.3) is 5.91 Å². The van der Waals surface area contributed by atoms with Crippen molar-refractivity contribution in [1.29, 1.82) is 0 Å². The van der Waals surface area contributed by atoms with Gasteiger partial charge in [0, 0.05) is 25.6 Å². The molecule has 6 nitrogen and oxygen atoms in total. The zero-order chi connectivity index (χ0) is 15.6. The molecule has 21 heavy (non-hydrogen) atoms. The predicted octanol–water partition coefficient (Wildman–Crippen LogP) is 1.97. The average molecular weight is 306 g/mol. The van der Waals surface area contributed by atoms with Crippen LogP contribution in [0, 0.1) is 20.8 Å². The van der Waals surface area contributed by atoms with Crippen LogP contribution in [0.5, 0.6) is 0 Å². The second-order valence-electron chi connectivity index (χ2n) is 4.90. The number of aromatic nitrogens is 3. The van der Waals surface area contributed by atoms with Crippen LogP contribution in [0.4, 0.5) is 0 Å². The van der Waals surface area contributed by atoms with Gasteiger partial charge in [-0.3, -0.25) is 9.59 Å². The van der Waals surface area contributed by atoms with Gasteiger partial charge in [-0.15, -0.1) is 21.5 Å². The van der Waals surface area contributed by atoms with Crippen molar-refractivity contribution in [3.05, 3.63) is 32.5 Å². The summed E-state index contributed by atoms with van der Waals surface area (Å²) in [5, 5.41) is 12.6. The molecule has 2 rings (SSSR count). The lowest BCUT2D eigenvalue weighted by Crippen LogP contribution is -2.26. The summed E-state index contributed by atoms with van der Waals surface area (Å²) in [6, 6.07) is 0. The lowest BCUT2D eigenvalue weighted by molar-refractivity contribution is 0.0953. The van der Waals surface area contributed by atoms with Crippen LogP contribution in [0.15, 0.2) is 0 Å². The van der Waals surface area contributed by atoms with Crippen molar-refractivity contribution < 1.29 is 9.59 Å². The number of aryl methyl sites for hydroxylation is 2. The van der Waals surface area contributed by atoms with Crippen LogP contribution in [-0.4, -0.2) is 33.4 Å². The summed E-state index contributed by atoms with van der Waals surface area (Å²) in [5.41, 5.74) is 2.46. The number of carbonyl (C=O) groups excluding carboxylic acids is 2. The van der Waals surface area contributed by atoms with E-state index in [1.165, 1.54) is 18.3 Å². The summed E-state index contributed by atoms with van der Waals surface area (Å²) in [5.74, 6) is -0.242. The topological polar surface area (TPSA) is 87.7 Å². The van der Waals surface area contributed by atoms with E-state index in [2.05, 4.69) is 20.5 Å². The number of amides is 1. The molecule has 0 radical (unpaired) electrons. The minimum absolute atomic E-state index is 0.0704. The standard InChI is InChI=1S/C14H18N4O2S/c1-7-12(8(2)16-13(7)9(3)19)14(20)15-6-5-11-18-17-10(4)21-11/h16H,5-6H2,1-4H3,(H,15,20). The number of Topliss-reactive ketones (excluding diaryl/α,β-unsaturated/α-hetero) is 1. The lowest BCUT2D eigenvalue weighted by Gasteiger charge is -2.04. The molecule has 2 heterocycles. The molecule has 0 atom stereocenters. The number of hydrogen-bond donors (Lipinski definition) is 2. The first-order chi connectivity index (χ1) is 9.90. The van der Waals surface area contributed by atoms with E-state index in [1.54, 1.807) is 13.8 Å². The Bertz CT molecular complexity index is 687. The van der Waals surface area contributed by atoms with E-state index < -0.39 is 0 Å². The average Bonchev–Trinajstić information content (AvgIpc) is 2.93. The SMILES string of the molecule is CC(=O)c1[nH]c(C)c(C(=O)NCCc2nnc(C)s2)c1C. The number of H-pyrrole nitrogens is 1. The van der Waals surface area contributed by atoms with Crippen molar-refractivity contribution in [3.63, 3.8) is 0 Å². The Balaban J connectivity index is 2.02. The first-order valence-electron chi connectivity index (χ1n) is 6.67. The van der Waals surface area contributed by atoms with E-state index >= 15 is 0 Å². The van der Waals surface area contributed by atoms with Crippen LogP contribution < -0.4 is 5.32 Å². The fraction of sp³-hybridized carbons (Fsp3) is 0.429. The quantitative estimate of drug-likeness (QED) is 0.827. The lowest BCUT2D eigenvalue weighted by atomic mass is 10.1. The number of nitrogens with one attached hydrogen (secondary N) is 2. The summed E-state index contributed by atoms with van der Waals surface area (Å²) < 4.78 is 0. The molecule has 0 aromatic carbocycles. The molecule has 1 amide bonds. The van der Waals surface area contributed by atoms with Gasteiger partial charge in [0.05, 0.1) is 11.3 Å². The Morgan fingerprint density at radius 3 is 2.48 bits per heavy atom. The van der Waals surface area contributed by atoms with Crippen molar-refractivity contribution in [2.24, 2.45) is 0 Å². The Morgan fingerprint density at radius 2 is 1.95 bits per heavy atom. The molecule has 0 spiro atoms. The molecule has 112 valence electrons. The molecule has 0 unspecified atom stereocenters. The Kier molecular flexibility index (Phi) is 4.52. The second-order valence-corrected chi connectivity index (χ2v) is 6.17. The fourth-order valence-corrected chi connectivity index (χ4v) is 2.96. The van der Waals surface area contributed by atoms with E-state index in [-0.39, 0.29) is 11.7 Å². The van der Waals surface area contributed by atoms with Crippen LogP contribution >= 0.6 is 11.3 Å². The van der Waals surface area contributed by atoms with Gasteiger partial charge < -0.3 is 10.3 Å². The van der Waals surface area contributed by atoms with Gasteiger partial charge in [-0.25, -0.2) is 0 Å². The zero-order valence-corrected chi connectivity index (χ0v) is 13.3. The molecule has 0 aliphatic carbocycles. The van der Waals surface area contributed by atoms with Crippen LogP contribution in [0.2, 0.25) is 0 Å². The maximum absolute atomic E-state index is 12.2. The molecule has 2 N–H and O–H groups in total. The van der Waals surface area contributed by atoms with Gasteiger partial charge in [-0.1, -0.05) is 0 Å². The van der Waals surface area contributed by atoms with Gasteiger partial charge in [0.1, 0.15) is 10.0 Å². The number of ketones is 1. The fourth-order valence-electron chi connectivity index (χ4n) is 2.25. The molecule has 0 saturated heterocycles. The smallest absolute Gasteiger partial charge is 0.253 e. The summed E-state index contributed by atoms with van der Waals surface area (Å²) in [6.45, 7) is 7.45. The van der Waals surface area contributed by atoms with Gasteiger partial charge in [0.2, 0.25) is 0 Å². The minimum atomic E-state index is -0.171. The maximum atomic E-state index is 12.2. The van der Waals surface area contributed by atoms with Crippen LogP contribution in [0.25, 0.3) is 0 Å². The van der Waals surface area contributed by atoms with Gasteiger partial charge in [0.15, 0.2) is 5.78 Å². The predicted molar refractivity (Wildman–Crippen MR) is 81.0 cm³/mol. The third-order valence-corrected chi connectivity index (χ3v) is 4.11. The van der Waals surface area contributed by atoms with Crippen molar-refractivity contribution in [1.82, 2.24) is 20.5 Å². The van der Waals surface area contributed by atoms with Gasteiger partial charge in [-0.05, 0) is 26.3 Å². The van der Waals surface area contributed by atoms with E-state index in [4.69, 9.17) is 0 Å². The van der Waals surface area contributed by atoms with E-state index in [9.17, 15) is 9.59 Å². The minimum Gasteiger partial charge on any atom is -0.355 e. The highest BCUT2D eigenvalue weighted by Crippen LogP contribution is 2.18. The van der Waals surface area contributed by atoms with Crippen molar-refractivity contribution in [2.75, 3.05) is 6.54 Å². The molecule has 0 fully saturated rings. The summed E-state index contributed by atoms with van der Waals surface area (Å²) >= 11 is 1.53. The second kappa shape index (κ2) is 6.17. The molecule has 0 aliphatic heterocycles. The summed E-state index contributed by atoms with van der Waals surface area (Å²) in [6.07, 6.45) is 0.652.